The van der Waals surface area contributed by atoms with Gasteiger partial charge in [-0.2, -0.15) is 0 Å². The summed E-state index contributed by atoms with van der Waals surface area (Å²) in [7, 11) is 0. The summed E-state index contributed by atoms with van der Waals surface area (Å²) in [5, 5.41) is 26.6. The molecule has 0 saturated carbocycles. The average Bonchev–Trinajstić information content (AvgIpc) is 2.53. The third-order valence-electron chi connectivity index (χ3n) is 1.64. The van der Waals surface area contributed by atoms with Crippen LogP contribution in [0.1, 0.15) is 6.42 Å². The first-order valence-corrected chi connectivity index (χ1v) is 3.51. The first kappa shape index (κ1) is 8.89. The van der Waals surface area contributed by atoms with Gasteiger partial charge >= 0.3 is 0 Å². The van der Waals surface area contributed by atoms with Crippen LogP contribution in [0.5, 0.6) is 0 Å². The van der Waals surface area contributed by atoms with E-state index in [2.05, 4.69) is 9.78 Å². The van der Waals surface area contributed by atoms with Crippen LogP contribution in [-0.4, -0.2) is 46.8 Å². The van der Waals surface area contributed by atoms with E-state index < -0.39 is 24.9 Å². The fourth-order valence-electron chi connectivity index (χ4n) is 0.931. The molecule has 0 amide bonds. The van der Waals surface area contributed by atoms with E-state index >= 15 is 0 Å². The topological polar surface area (TPSA) is 79.2 Å². The molecule has 0 spiro atoms. The molecule has 0 bridgehead atoms. The Hall–Kier alpha value is -0.200. The van der Waals surface area contributed by atoms with Crippen LogP contribution in [0, 0.1) is 0 Å². The van der Waals surface area contributed by atoms with Gasteiger partial charge in [0.2, 0.25) is 0 Å². The van der Waals surface area contributed by atoms with E-state index in [1.807, 2.05) is 0 Å². The van der Waals surface area contributed by atoms with Crippen molar-refractivity contribution < 1.29 is 25.1 Å². The van der Waals surface area contributed by atoms with Gasteiger partial charge in [0, 0.05) is 6.42 Å². The van der Waals surface area contributed by atoms with Crippen LogP contribution in [-0.2, 0) is 9.78 Å². The number of aliphatic hydroxyl groups is 3. The molecule has 3 atom stereocenters. The third-order valence-corrected chi connectivity index (χ3v) is 1.64. The molecule has 1 aliphatic rings. The lowest BCUT2D eigenvalue weighted by atomic mass is 10.1. The summed E-state index contributed by atoms with van der Waals surface area (Å²) in [6.07, 6.45) is -2.19. The second kappa shape index (κ2) is 3.99. The Morgan fingerprint density at radius 2 is 2.18 bits per heavy atom. The van der Waals surface area contributed by atoms with Crippen LogP contribution in [0.3, 0.4) is 0 Å². The predicted octanol–water partition coefficient (Wildman–Crippen LogP) is -1.58. The first-order chi connectivity index (χ1) is 5.25. The zero-order valence-corrected chi connectivity index (χ0v) is 6.01. The minimum absolute atomic E-state index is 0.417. The van der Waals surface area contributed by atoms with Crippen molar-refractivity contribution >= 4 is 0 Å². The van der Waals surface area contributed by atoms with Gasteiger partial charge in [0.25, 0.3) is 0 Å². The molecule has 0 radical (unpaired) electrons. The average molecular weight is 164 g/mol. The van der Waals surface area contributed by atoms with Crippen LogP contribution in [0.15, 0.2) is 0 Å². The number of hydrogen-bond donors (Lipinski definition) is 3. The predicted molar refractivity (Wildman–Crippen MR) is 34.5 cm³/mol. The van der Waals surface area contributed by atoms with Gasteiger partial charge in [0.1, 0.15) is 18.3 Å². The zero-order chi connectivity index (χ0) is 8.27. The Morgan fingerprint density at radius 3 is 2.64 bits per heavy atom. The van der Waals surface area contributed by atoms with Crippen molar-refractivity contribution in [2.45, 2.75) is 24.7 Å². The SMILES string of the molecule is OCC(O)C(O)C1CCOO1. The standard InChI is InChI=1S/C6H12O5/c7-3-4(8)6(9)5-1-2-10-11-5/h4-9H,1-3H2. The van der Waals surface area contributed by atoms with Crippen molar-refractivity contribution in [3.8, 4) is 0 Å². The maximum absolute atomic E-state index is 9.20. The molecule has 3 unspecified atom stereocenters. The molecule has 0 aromatic carbocycles. The molecule has 5 nitrogen and oxygen atoms in total. The van der Waals surface area contributed by atoms with Crippen molar-refractivity contribution in [1.29, 1.82) is 0 Å². The highest BCUT2D eigenvalue weighted by molar-refractivity contribution is 4.76. The Balaban J connectivity index is 2.32. The smallest absolute Gasteiger partial charge is 0.124 e. The quantitative estimate of drug-likeness (QED) is 0.439. The Labute approximate surface area is 64.1 Å². The summed E-state index contributed by atoms with van der Waals surface area (Å²) in [4.78, 5) is 9.14. The highest BCUT2D eigenvalue weighted by Gasteiger charge is 2.30. The normalized spacial score (nSPS) is 30.3. The summed E-state index contributed by atoms with van der Waals surface area (Å²) < 4.78 is 0. The van der Waals surface area contributed by atoms with E-state index in [4.69, 9.17) is 10.2 Å². The van der Waals surface area contributed by atoms with Gasteiger partial charge in [-0.3, -0.25) is 0 Å². The van der Waals surface area contributed by atoms with Crippen molar-refractivity contribution in [3.05, 3.63) is 0 Å². The number of rotatable bonds is 3. The van der Waals surface area contributed by atoms with Crippen LogP contribution in [0.4, 0.5) is 0 Å². The van der Waals surface area contributed by atoms with Gasteiger partial charge in [0.15, 0.2) is 0 Å². The monoisotopic (exact) mass is 164 g/mol. The molecule has 1 heterocycles. The molecule has 66 valence electrons. The molecule has 0 aromatic heterocycles. The molecule has 5 heteroatoms. The Morgan fingerprint density at radius 1 is 1.45 bits per heavy atom. The molecule has 11 heavy (non-hydrogen) atoms. The van der Waals surface area contributed by atoms with Crippen LogP contribution < -0.4 is 0 Å². The van der Waals surface area contributed by atoms with E-state index in [0.717, 1.165) is 0 Å². The molecule has 1 fully saturated rings. The third kappa shape index (κ3) is 2.11. The van der Waals surface area contributed by atoms with E-state index in [1.165, 1.54) is 0 Å². The lowest BCUT2D eigenvalue weighted by Crippen LogP contribution is -2.39. The maximum Gasteiger partial charge on any atom is 0.124 e. The van der Waals surface area contributed by atoms with Crippen molar-refractivity contribution in [3.63, 3.8) is 0 Å². The molecule has 3 N–H and O–H groups in total. The summed E-state index contributed by atoms with van der Waals surface area (Å²) >= 11 is 0. The van der Waals surface area contributed by atoms with Crippen LogP contribution in [0.25, 0.3) is 0 Å². The van der Waals surface area contributed by atoms with Crippen LogP contribution >= 0.6 is 0 Å². The molecule has 0 aromatic rings. The van der Waals surface area contributed by atoms with E-state index in [0.29, 0.717) is 13.0 Å². The van der Waals surface area contributed by atoms with Gasteiger partial charge < -0.3 is 15.3 Å². The van der Waals surface area contributed by atoms with E-state index in [1.54, 1.807) is 0 Å². The minimum Gasteiger partial charge on any atom is -0.394 e. The first-order valence-electron chi connectivity index (χ1n) is 3.51. The summed E-state index contributed by atoms with van der Waals surface area (Å²) in [6.45, 7) is -0.0547. The molecule has 1 aliphatic heterocycles. The lowest BCUT2D eigenvalue weighted by molar-refractivity contribution is -0.294. The molecule has 1 saturated heterocycles. The highest BCUT2D eigenvalue weighted by atomic mass is 17.2. The van der Waals surface area contributed by atoms with Gasteiger partial charge in [-0.25, -0.2) is 9.78 Å². The molecular formula is C6H12O5. The fraction of sp³-hybridized carbons (Fsp3) is 1.00. The van der Waals surface area contributed by atoms with E-state index in [9.17, 15) is 5.11 Å². The molecular weight excluding hydrogens is 152 g/mol. The number of aliphatic hydroxyl groups excluding tert-OH is 3. The van der Waals surface area contributed by atoms with E-state index in [-0.39, 0.29) is 0 Å². The van der Waals surface area contributed by atoms with Gasteiger partial charge in [0.05, 0.1) is 13.2 Å². The molecule has 1 rings (SSSR count). The number of hydrogen-bond acceptors (Lipinski definition) is 5. The van der Waals surface area contributed by atoms with Gasteiger partial charge in [-0.05, 0) is 0 Å². The van der Waals surface area contributed by atoms with Crippen molar-refractivity contribution in [1.82, 2.24) is 0 Å². The largest absolute Gasteiger partial charge is 0.394 e. The van der Waals surface area contributed by atoms with Gasteiger partial charge in [-0.1, -0.05) is 0 Å². The van der Waals surface area contributed by atoms with Crippen LogP contribution in [0.2, 0.25) is 0 Å². The van der Waals surface area contributed by atoms with Gasteiger partial charge in [-0.15, -0.1) is 0 Å². The Kier molecular flexibility index (Phi) is 3.22. The summed E-state index contributed by atoms with van der Waals surface area (Å²) in [5.41, 5.74) is 0. The minimum atomic E-state index is -1.15. The van der Waals surface area contributed by atoms with Crippen molar-refractivity contribution in [2.24, 2.45) is 0 Å². The summed E-state index contributed by atoms with van der Waals surface area (Å²) in [5.74, 6) is 0. The zero-order valence-electron chi connectivity index (χ0n) is 6.01. The fourth-order valence-corrected chi connectivity index (χ4v) is 0.931. The summed E-state index contributed by atoms with van der Waals surface area (Å²) in [6, 6.07) is 0. The highest BCUT2D eigenvalue weighted by Crippen LogP contribution is 2.14. The lowest BCUT2D eigenvalue weighted by Gasteiger charge is -2.18. The van der Waals surface area contributed by atoms with Crippen molar-refractivity contribution in [2.75, 3.05) is 13.2 Å². The Bertz CT molecular complexity index is 112. The second-order valence-electron chi connectivity index (χ2n) is 2.49. The second-order valence-corrected chi connectivity index (χ2v) is 2.49. The maximum atomic E-state index is 9.20. The molecule has 0 aliphatic carbocycles.